The van der Waals surface area contributed by atoms with Crippen LogP contribution in [0.25, 0.3) is 0 Å². The fourth-order valence-electron chi connectivity index (χ4n) is 1.44. The van der Waals surface area contributed by atoms with Crippen LogP contribution in [0.4, 0.5) is 4.39 Å². The van der Waals surface area contributed by atoms with Crippen LogP contribution in [-0.4, -0.2) is 23.9 Å². The third kappa shape index (κ3) is 2.41. The fraction of sp³-hybridized carbons (Fsp3) is 0.364. The van der Waals surface area contributed by atoms with Crippen LogP contribution in [0.1, 0.15) is 5.56 Å². The minimum atomic E-state index is -0.842. The molecule has 88 valence electrons. The third-order valence-corrected chi connectivity index (χ3v) is 6.15. The molecular formula is C11H13FOS3. The number of halogens is 1. The van der Waals surface area contributed by atoms with Crippen molar-refractivity contribution < 1.29 is 9.18 Å². The number of benzene rings is 1. The Morgan fingerprint density at radius 3 is 2.19 bits per heavy atom. The van der Waals surface area contributed by atoms with E-state index < -0.39 is 4.08 Å². The Labute approximate surface area is 108 Å². The molecule has 0 spiro atoms. The van der Waals surface area contributed by atoms with Crippen LogP contribution in [0.3, 0.4) is 0 Å². The maximum Gasteiger partial charge on any atom is 0.219 e. The molecule has 0 aliphatic rings. The first kappa shape index (κ1) is 13.9. The van der Waals surface area contributed by atoms with Crippen LogP contribution in [0.15, 0.2) is 24.3 Å². The quantitative estimate of drug-likeness (QED) is 0.781. The van der Waals surface area contributed by atoms with Crippen molar-refractivity contribution in [2.45, 2.75) is 4.08 Å². The highest BCUT2D eigenvalue weighted by Gasteiger charge is 2.40. The van der Waals surface area contributed by atoms with Crippen LogP contribution in [0.5, 0.6) is 0 Å². The normalized spacial score (nSPS) is 11.5. The van der Waals surface area contributed by atoms with Crippen molar-refractivity contribution in [3.8, 4) is 0 Å². The molecule has 0 amide bonds. The van der Waals surface area contributed by atoms with Gasteiger partial charge in [0.15, 0.2) is 4.08 Å². The molecule has 0 atom stereocenters. The highest BCUT2D eigenvalue weighted by molar-refractivity contribution is 8.23. The van der Waals surface area contributed by atoms with Crippen molar-refractivity contribution in [1.29, 1.82) is 0 Å². The van der Waals surface area contributed by atoms with Gasteiger partial charge in [-0.1, -0.05) is 30.0 Å². The molecule has 16 heavy (non-hydrogen) atoms. The van der Waals surface area contributed by atoms with Gasteiger partial charge in [-0.2, -0.15) is 0 Å². The van der Waals surface area contributed by atoms with Gasteiger partial charge in [0.25, 0.3) is 0 Å². The summed E-state index contributed by atoms with van der Waals surface area (Å²) in [5, 5.41) is -0.0300. The molecular weight excluding hydrogens is 263 g/mol. The summed E-state index contributed by atoms with van der Waals surface area (Å²) in [4.78, 5) is 12.0. The zero-order chi connectivity index (χ0) is 12.2. The second kappa shape index (κ2) is 5.98. The summed E-state index contributed by atoms with van der Waals surface area (Å²) in [6, 6.07) is 6.46. The summed E-state index contributed by atoms with van der Waals surface area (Å²) >= 11 is 3.88. The Morgan fingerprint density at radius 2 is 1.75 bits per heavy atom. The molecule has 0 radical (unpaired) electrons. The van der Waals surface area contributed by atoms with Gasteiger partial charge in [-0.05, 0) is 24.8 Å². The molecule has 1 aromatic rings. The van der Waals surface area contributed by atoms with Gasteiger partial charge >= 0.3 is 0 Å². The Bertz CT molecular complexity index is 377. The molecule has 0 aliphatic heterocycles. The molecule has 0 unspecified atom stereocenters. The minimum absolute atomic E-state index is 0.0300. The smallest absolute Gasteiger partial charge is 0.219 e. The number of carbonyl (C=O) groups is 1. The molecule has 0 saturated carbocycles. The van der Waals surface area contributed by atoms with E-state index in [1.165, 1.54) is 29.6 Å². The van der Waals surface area contributed by atoms with Gasteiger partial charge in [0.05, 0.1) is 0 Å². The lowest BCUT2D eigenvalue weighted by atomic mass is 10.1. The molecule has 0 bridgehead atoms. The number of carbonyl (C=O) groups excluding carboxylic acids is 1. The van der Waals surface area contributed by atoms with Crippen LogP contribution in [0, 0.1) is 5.82 Å². The summed E-state index contributed by atoms with van der Waals surface area (Å²) in [5.74, 6) is -0.325. The first-order valence-electron chi connectivity index (χ1n) is 4.56. The summed E-state index contributed by atoms with van der Waals surface area (Å²) in [7, 11) is 0. The van der Waals surface area contributed by atoms with Crippen molar-refractivity contribution in [3.05, 3.63) is 35.6 Å². The SMILES string of the molecule is CSC(=O)C(SC)(SC)c1ccccc1F. The topological polar surface area (TPSA) is 17.1 Å². The van der Waals surface area contributed by atoms with E-state index in [0.717, 1.165) is 11.8 Å². The van der Waals surface area contributed by atoms with Crippen molar-refractivity contribution in [1.82, 2.24) is 0 Å². The van der Waals surface area contributed by atoms with Crippen LogP contribution in [0.2, 0.25) is 0 Å². The Kier molecular flexibility index (Phi) is 5.21. The summed E-state index contributed by atoms with van der Waals surface area (Å²) in [6.45, 7) is 0. The summed E-state index contributed by atoms with van der Waals surface area (Å²) in [6.07, 6.45) is 5.39. The predicted molar refractivity (Wildman–Crippen MR) is 73.6 cm³/mol. The second-order valence-electron chi connectivity index (χ2n) is 3.00. The van der Waals surface area contributed by atoms with E-state index in [4.69, 9.17) is 0 Å². The molecule has 0 fully saturated rings. The molecule has 0 aromatic heterocycles. The lowest BCUT2D eigenvalue weighted by molar-refractivity contribution is -0.111. The Balaban J connectivity index is 3.32. The highest BCUT2D eigenvalue weighted by atomic mass is 32.2. The van der Waals surface area contributed by atoms with E-state index in [0.29, 0.717) is 5.56 Å². The van der Waals surface area contributed by atoms with Crippen molar-refractivity contribution in [3.63, 3.8) is 0 Å². The number of thioether (sulfide) groups is 3. The number of rotatable bonds is 4. The summed E-state index contributed by atoms with van der Waals surface area (Å²) < 4.78 is 12.9. The van der Waals surface area contributed by atoms with Crippen molar-refractivity contribution in [2.75, 3.05) is 18.8 Å². The van der Waals surface area contributed by atoms with Gasteiger partial charge < -0.3 is 0 Å². The average molecular weight is 276 g/mol. The van der Waals surface area contributed by atoms with Crippen molar-refractivity contribution >= 4 is 40.4 Å². The van der Waals surface area contributed by atoms with Gasteiger partial charge in [-0.25, -0.2) is 4.39 Å². The second-order valence-corrected chi connectivity index (χ2v) is 6.07. The number of hydrogen-bond acceptors (Lipinski definition) is 4. The van der Waals surface area contributed by atoms with E-state index in [2.05, 4.69) is 0 Å². The summed E-state index contributed by atoms with van der Waals surface area (Å²) in [5.41, 5.74) is 0.453. The fourth-order valence-corrected chi connectivity index (χ4v) is 4.59. The lowest BCUT2D eigenvalue weighted by Gasteiger charge is -2.28. The third-order valence-electron chi connectivity index (χ3n) is 2.26. The Morgan fingerprint density at radius 1 is 1.19 bits per heavy atom. The zero-order valence-electron chi connectivity index (χ0n) is 9.32. The molecule has 5 heteroatoms. The van der Waals surface area contributed by atoms with E-state index in [1.807, 2.05) is 12.5 Å². The zero-order valence-corrected chi connectivity index (χ0v) is 11.8. The predicted octanol–water partition coefficient (Wildman–Crippen LogP) is 3.59. The Hall–Kier alpha value is -0.130. The van der Waals surface area contributed by atoms with Crippen molar-refractivity contribution in [2.24, 2.45) is 0 Å². The first-order chi connectivity index (χ1) is 7.62. The standard InChI is InChI=1S/C11H13FOS3/c1-14-10(13)11(15-2,16-3)8-6-4-5-7-9(8)12/h4-7H,1-3H3. The van der Waals surface area contributed by atoms with Crippen LogP contribution >= 0.6 is 35.3 Å². The highest BCUT2D eigenvalue weighted by Crippen LogP contribution is 2.47. The van der Waals surface area contributed by atoms with E-state index in [-0.39, 0.29) is 10.9 Å². The molecule has 0 heterocycles. The van der Waals surface area contributed by atoms with Crippen LogP contribution < -0.4 is 0 Å². The maximum atomic E-state index is 13.8. The molecule has 1 aromatic carbocycles. The van der Waals surface area contributed by atoms with E-state index in [1.54, 1.807) is 24.5 Å². The lowest BCUT2D eigenvalue weighted by Crippen LogP contribution is -2.27. The van der Waals surface area contributed by atoms with Gasteiger partial charge in [-0.15, -0.1) is 23.5 Å². The molecule has 0 N–H and O–H groups in total. The van der Waals surface area contributed by atoms with Gasteiger partial charge in [0, 0.05) is 5.56 Å². The average Bonchev–Trinajstić information content (AvgIpc) is 2.33. The first-order valence-corrected chi connectivity index (χ1v) is 8.23. The molecule has 1 rings (SSSR count). The molecule has 0 saturated heterocycles. The van der Waals surface area contributed by atoms with Gasteiger partial charge in [-0.3, -0.25) is 4.79 Å². The largest absolute Gasteiger partial charge is 0.284 e. The monoisotopic (exact) mass is 276 g/mol. The van der Waals surface area contributed by atoms with Gasteiger partial charge in [0.2, 0.25) is 5.12 Å². The number of hydrogen-bond donors (Lipinski definition) is 0. The minimum Gasteiger partial charge on any atom is -0.284 e. The maximum absolute atomic E-state index is 13.8. The van der Waals surface area contributed by atoms with E-state index >= 15 is 0 Å². The van der Waals surface area contributed by atoms with Gasteiger partial charge in [0.1, 0.15) is 5.82 Å². The van der Waals surface area contributed by atoms with Crippen LogP contribution in [-0.2, 0) is 8.87 Å². The molecule has 0 aliphatic carbocycles. The molecule has 1 nitrogen and oxygen atoms in total. The van der Waals surface area contributed by atoms with E-state index in [9.17, 15) is 9.18 Å².